The molecule has 0 spiro atoms. The summed E-state index contributed by atoms with van der Waals surface area (Å²) < 4.78 is 0. The maximum Gasteiger partial charge on any atom is 0.102 e. The summed E-state index contributed by atoms with van der Waals surface area (Å²) in [5.41, 5.74) is 2.43. The van der Waals surface area contributed by atoms with Crippen LogP contribution in [-0.2, 0) is 0 Å². The largest absolute Gasteiger partial charge is 0.390 e. The summed E-state index contributed by atoms with van der Waals surface area (Å²) in [7, 11) is 0. The van der Waals surface area contributed by atoms with Crippen molar-refractivity contribution < 1.29 is 5.11 Å². The lowest BCUT2D eigenvalue weighted by Gasteiger charge is -2.20. The number of nitrogens with one attached hydrogen (secondary N) is 1. The molecule has 1 saturated heterocycles. The standard InChI is InChI=1S/C15H21N3O/c1-12-5-4-6-15(14(12)9-16)17-10-13(19)11-18-7-2-3-8-18/h4-6,13,17,19H,2-3,7-8,10-11H2,1H3. The van der Waals surface area contributed by atoms with Crippen molar-refractivity contribution >= 4 is 5.69 Å². The van der Waals surface area contributed by atoms with Gasteiger partial charge in [0, 0.05) is 13.1 Å². The Kier molecular flexibility index (Phi) is 4.78. The average molecular weight is 259 g/mol. The molecule has 0 aliphatic carbocycles. The highest BCUT2D eigenvalue weighted by atomic mass is 16.3. The number of β-amino-alcohol motifs (C(OH)–C–C–N with tert-alkyl or cyclic N) is 1. The molecule has 1 unspecified atom stereocenters. The summed E-state index contributed by atoms with van der Waals surface area (Å²) >= 11 is 0. The maximum absolute atomic E-state index is 10.0. The second-order valence-electron chi connectivity index (χ2n) is 5.15. The number of hydrogen-bond donors (Lipinski definition) is 2. The van der Waals surface area contributed by atoms with Crippen molar-refractivity contribution in [2.75, 3.05) is 31.5 Å². The third-order valence-electron chi connectivity index (χ3n) is 3.58. The summed E-state index contributed by atoms with van der Waals surface area (Å²) in [5.74, 6) is 0. The van der Waals surface area contributed by atoms with Crippen molar-refractivity contribution in [2.45, 2.75) is 25.9 Å². The fraction of sp³-hybridized carbons (Fsp3) is 0.533. The zero-order valence-electron chi connectivity index (χ0n) is 11.4. The molecule has 0 radical (unpaired) electrons. The average Bonchev–Trinajstić information content (AvgIpc) is 2.89. The number of likely N-dealkylation sites (tertiary alicyclic amines) is 1. The van der Waals surface area contributed by atoms with E-state index in [1.807, 2.05) is 25.1 Å². The van der Waals surface area contributed by atoms with E-state index in [1.54, 1.807) is 0 Å². The lowest BCUT2D eigenvalue weighted by atomic mass is 10.1. The predicted octanol–water partition coefficient (Wildman–Crippen LogP) is 1.74. The molecule has 0 aromatic heterocycles. The highest BCUT2D eigenvalue weighted by Gasteiger charge is 2.15. The Labute approximate surface area is 114 Å². The van der Waals surface area contributed by atoms with Crippen molar-refractivity contribution in [3.63, 3.8) is 0 Å². The third-order valence-corrected chi connectivity index (χ3v) is 3.58. The fourth-order valence-electron chi connectivity index (χ4n) is 2.52. The number of aliphatic hydroxyl groups is 1. The van der Waals surface area contributed by atoms with Crippen LogP contribution in [0, 0.1) is 18.3 Å². The normalized spacial score (nSPS) is 17.1. The van der Waals surface area contributed by atoms with Gasteiger partial charge in [-0.15, -0.1) is 0 Å². The van der Waals surface area contributed by atoms with Crippen LogP contribution in [0.25, 0.3) is 0 Å². The summed E-state index contributed by atoms with van der Waals surface area (Å²) in [6.07, 6.45) is 2.07. The van der Waals surface area contributed by atoms with Crippen LogP contribution in [0.15, 0.2) is 18.2 Å². The van der Waals surface area contributed by atoms with E-state index in [9.17, 15) is 5.11 Å². The van der Waals surface area contributed by atoms with Crippen LogP contribution >= 0.6 is 0 Å². The summed E-state index contributed by atoms with van der Waals surface area (Å²) in [4.78, 5) is 2.29. The number of rotatable bonds is 5. The third kappa shape index (κ3) is 3.69. The first-order valence-corrected chi connectivity index (χ1v) is 6.84. The van der Waals surface area contributed by atoms with Gasteiger partial charge in [0.25, 0.3) is 0 Å². The number of hydrogen-bond acceptors (Lipinski definition) is 4. The van der Waals surface area contributed by atoms with Gasteiger partial charge < -0.3 is 15.3 Å². The minimum absolute atomic E-state index is 0.398. The molecular weight excluding hydrogens is 238 g/mol. The Balaban J connectivity index is 1.88. The maximum atomic E-state index is 10.0. The Morgan fingerprint density at radius 2 is 2.16 bits per heavy atom. The minimum atomic E-state index is -0.398. The van der Waals surface area contributed by atoms with E-state index in [4.69, 9.17) is 5.26 Å². The highest BCUT2D eigenvalue weighted by Crippen LogP contribution is 2.18. The van der Waals surface area contributed by atoms with Crippen LogP contribution in [0.1, 0.15) is 24.0 Å². The van der Waals surface area contributed by atoms with E-state index in [0.29, 0.717) is 18.7 Å². The second-order valence-corrected chi connectivity index (χ2v) is 5.15. The van der Waals surface area contributed by atoms with Crippen LogP contribution < -0.4 is 5.32 Å². The molecule has 102 valence electrons. The molecule has 1 aliphatic rings. The minimum Gasteiger partial charge on any atom is -0.390 e. The Morgan fingerprint density at radius 1 is 1.42 bits per heavy atom. The van der Waals surface area contributed by atoms with Crippen molar-refractivity contribution in [2.24, 2.45) is 0 Å². The zero-order chi connectivity index (χ0) is 13.7. The van der Waals surface area contributed by atoms with Gasteiger partial charge in [-0.3, -0.25) is 0 Å². The van der Waals surface area contributed by atoms with E-state index in [-0.39, 0.29) is 0 Å². The second kappa shape index (κ2) is 6.55. The molecule has 1 fully saturated rings. The van der Waals surface area contributed by atoms with Crippen LogP contribution in [-0.4, -0.2) is 42.3 Å². The van der Waals surface area contributed by atoms with E-state index < -0.39 is 6.10 Å². The van der Waals surface area contributed by atoms with Crippen LogP contribution in [0.2, 0.25) is 0 Å². The molecule has 2 rings (SSSR count). The van der Waals surface area contributed by atoms with Crippen LogP contribution in [0.5, 0.6) is 0 Å². The van der Waals surface area contributed by atoms with Crippen LogP contribution in [0.3, 0.4) is 0 Å². The molecule has 19 heavy (non-hydrogen) atoms. The molecule has 2 N–H and O–H groups in total. The van der Waals surface area contributed by atoms with E-state index >= 15 is 0 Å². The molecule has 4 heteroatoms. The first-order valence-electron chi connectivity index (χ1n) is 6.84. The van der Waals surface area contributed by atoms with E-state index in [1.165, 1.54) is 12.8 Å². The topological polar surface area (TPSA) is 59.3 Å². The molecule has 0 amide bonds. The van der Waals surface area contributed by atoms with Gasteiger partial charge in [-0.25, -0.2) is 0 Å². The Hall–Kier alpha value is -1.57. The lowest BCUT2D eigenvalue weighted by Crippen LogP contribution is -2.34. The first kappa shape index (κ1) is 13.9. The van der Waals surface area contributed by atoms with Gasteiger partial charge in [0.1, 0.15) is 6.07 Å². The van der Waals surface area contributed by atoms with Crippen LogP contribution in [0.4, 0.5) is 5.69 Å². The summed E-state index contributed by atoms with van der Waals surface area (Å²) in [5, 5.41) is 22.3. The Morgan fingerprint density at radius 3 is 2.84 bits per heavy atom. The lowest BCUT2D eigenvalue weighted by molar-refractivity contribution is 0.135. The van der Waals surface area contributed by atoms with Crippen molar-refractivity contribution in [3.05, 3.63) is 29.3 Å². The predicted molar refractivity (Wildman–Crippen MR) is 76.1 cm³/mol. The number of benzene rings is 1. The summed E-state index contributed by atoms with van der Waals surface area (Å²) in [6.45, 7) is 5.29. The first-order chi connectivity index (χ1) is 9.20. The van der Waals surface area contributed by atoms with Gasteiger partial charge in [0.05, 0.1) is 17.4 Å². The van der Waals surface area contributed by atoms with Gasteiger partial charge in [-0.05, 0) is 44.5 Å². The van der Waals surface area contributed by atoms with Gasteiger partial charge in [0.15, 0.2) is 0 Å². The van der Waals surface area contributed by atoms with Gasteiger partial charge in [0.2, 0.25) is 0 Å². The fourth-order valence-corrected chi connectivity index (χ4v) is 2.52. The van der Waals surface area contributed by atoms with Gasteiger partial charge in [-0.1, -0.05) is 12.1 Å². The highest BCUT2D eigenvalue weighted by molar-refractivity contribution is 5.60. The summed E-state index contributed by atoms with van der Waals surface area (Å²) in [6, 6.07) is 7.93. The molecule has 0 bridgehead atoms. The number of aryl methyl sites for hydroxylation is 1. The molecule has 1 aromatic rings. The molecule has 0 saturated carbocycles. The molecule has 1 aliphatic heterocycles. The van der Waals surface area contributed by atoms with Crippen molar-refractivity contribution in [1.29, 1.82) is 5.26 Å². The smallest absolute Gasteiger partial charge is 0.102 e. The quantitative estimate of drug-likeness (QED) is 0.845. The Bertz CT molecular complexity index is 461. The van der Waals surface area contributed by atoms with Gasteiger partial charge >= 0.3 is 0 Å². The SMILES string of the molecule is Cc1cccc(NCC(O)CN2CCCC2)c1C#N. The number of nitriles is 1. The molecule has 1 heterocycles. The number of anilines is 1. The monoisotopic (exact) mass is 259 g/mol. The van der Waals surface area contributed by atoms with Crippen molar-refractivity contribution in [1.82, 2.24) is 4.90 Å². The number of aliphatic hydroxyl groups excluding tert-OH is 1. The van der Waals surface area contributed by atoms with Gasteiger partial charge in [-0.2, -0.15) is 5.26 Å². The molecule has 1 atom stereocenters. The van der Waals surface area contributed by atoms with E-state index in [2.05, 4.69) is 16.3 Å². The molecule has 4 nitrogen and oxygen atoms in total. The van der Waals surface area contributed by atoms with Crippen molar-refractivity contribution in [3.8, 4) is 6.07 Å². The number of nitrogens with zero attached hydrogens (tertiary/aromatic N) is 2. The zero-order valence-corrected chi connectivity index (χ0v) is 11.4. The molecule has 1 aromatic carbocycles. The molecular formula is C15H21N3O. The van der Waals surface area contributed by atoms with E-state index in [0.717, 1.165) is 24.3 Å².